The molecule has 0 aromatic heterocycles. The van der Waals surface area contributed by atoms with Gasteiger partial charge in [-0.25, -0.2) is 0 Å². The standard InChI is InChI=1S/C21H30N2O2.C2H6/c1-3-18-15-12-17(13-15)23(21(25)19(18)4-2)14-20(24)22-16-10-8-6-5-7-9-11-16;1-2/h3-4,15-17H,1-2,5-14H2,(H,22,24);1-2H3. The Bertz CT molecular complexity index is 579. The number of carbonyl (C=O) groups is 2. The van der Waals surface area contributed by atoms with E-state index in [0.717, 1.165) is 31.3 Å². The van der Waals surface area contributed by atoms with Crippen molar-refractivity contribution in [1.82, 2.24) is 10.2 Å². The Kier molecular flexibility index (Phi) is 8.33. The SMILES string of the molecule is C=CC1=C(C=C)C2CC(C2)N(CC(=O)NC2CCCCCCC2)C1=O.CC. The highest BCUT2D eigenvalue weighted by Gasteiger charge is 2.43. The van der Waals surface area contributed by atoms with E-state index in [1.54, 1.807) is 17.1 Å². The van der Waals surface area contributed by atoms with Crippen molar-refractivity contribution < 1.29 is 9.59 Å². The van der Waals surface area contributed by atoms with Crippen molar-refractivity contribution in [2.45, 2.75) is 83.7 Å². The highest BCUT2D eigenvalue weighted by atomic mass is 16.2. The van der Waals surface area contributed by atoms with E-state index in [0.29, 0.717) is 11.5 Å². The second-order valence-electron chi connectivity index (χ2n) is 7.64. The first-order valence-electron chi connectivity index (χ1n) is 10.7. The predicted octanol–water partition coefficient (Wildman–Crippen LogP) is 4.53. The van der Waals surface area contributed by atoms with Gasteiger partial charge in [-0.15, -0.1) is 0 Å². The fraction of sp³-hybridized carbons (Fsp3) is 0.652. The average Bonchev–Trinajstić information content (AvgIpc) is 2.79. The largest absolute Gasteiger partial charge is 0.352 e. The van der Waals surface area contributed by atoms with E-state index in [-0.39, 0.29) is 30.4 Å². The van der Waals surface area contributed by atoms with Crippen LogP contribution in [-0.4, -0.2) is 35.3 Å². The van der Waals surface area contributed by atoms with E-state index in [4.69, 9.17) is 0 Å². The van der Waals surface area contributed by atoms with Gasteiger partial charge in [0.1, 0.15) is 6.54 Å². The van der Waals surface area contributed by atoms with Crippen molar-refractivity contribution in [3.63, 3.8) is 0 Å². The molecule has 2 fully saturated rings. The number of allylic oxidation sites excluding steroid dienone is 2. The first-order valence-corrected chi connectivity index (χ1v) is 10.7. The van der Waals surface area contributed by atoms with Crippen molar-refractivity contribution in [1.29, 1.82) is 0 Å². The van der Waals surface area contributed by atoms with Gasteiger partial charge in [-0.1, -0.05) is 71.3 Å². The number of rotatable bonds is 5. The molecule has 27 heavy (non-hydrogen) atoms. The van der Waals surface area contributed by atoms with Crippen LogP contribution in [0.5, 0.6) is 0 Å². The fourth-order valence-corrected chi connectivity index (χ4v) is 4.47. The molecule has 0 radical (unpaired) electrons. The second kappa shape index (κ2) is 10.5. The Morgan fingerprint density at radius 2 is 1.67 bits per heavy atom. The Balaban J connectivity index is 0.00000126. The van der Waals surface area contributed by atoms with Crippen LogP contribution in [0, 0.1) is 5.92 Å². The van der Waals surface area contributed by atoms with Gasteiger partial charge in [0.2, 0.25) is 5.91 Å². The highest BCUT2D eigenvalue weighted by molar-refractivity contribution is 6.00. The molecule has 4 nitrogen and oxygen atoms in total. The number of carbonyl (C=O) groups excluding carboxylic acids is 2. The average molecular weight is 373 g/mol. The minimum absolute atomic E-state index is 0.0205. The zero-order valence-corrected chi connectivity index (χ0v) is 17.1. The van der Waals surface area contributed by atoms with Gasteiger partial charge < -0.3 is 10.2 Å². The number of nitrogens with zero attached hydrogens (tertiary/aromatic N) is 1. The summed E-state index contributed by atoms with van der Waals surface area (Å²) in [5, 5.41) is 3.18. The third-order valence-electron chi connectivity index (χ3n) is 6.00. The molecule has 0 spiro atoms. The highest BCUT2D eigenvalue weighted by Crippen LogP contribution is 2.42. The summed E-state index contributed by atoms with van der Waals surface area (Å²) in [7, 11) is 0. The minimum Gasteiger partial charge on any atom is -0.352 e. The molecular formula is C23H36N2O2. The summed E-state index contributed by atoms with van der Waals surface area (Å²) in [6.07, 6.45) is 13.6. The van der Waals surface area contributed by atoms with Crippen LogP contribution in [0.2, 0.25) is 0 Å². The summed E-state index contributed by atoms with van der Waals surface area (Å²) in [4.78, 5) is 27.2. The monoisotopic (exact) mass is 372 g/mol. The number of amides is 2. The molecule has 0 saturated heterocycles. The number of hydrogen-bond acceptors (Lipinski definition) is 2. The molecule has 2 amide bonds. The quantitative estimate of drug-likeness (QED) is 0.771. The zero-order chi connectivity index (χ0) is 19.8. The molecule has 4 aliphatic rings. The third kappa shape index (κ3) is 5.12. The molecule has 0 atom stereocenters. The van der Waals surface area contributed by atoms with E-state index < -0.39 is 0 Å². The van der Waals surface area contributed by atoms with Gasteiger partial charge in [-0.3, -0.25) is 9.59 Å². The van der Waals surface area contributed by atoms with Crippen LogP contribution in [0.15, 0.2) is 36.5 Å². The Morgan fingerprint density at radius 1 is 1.07 bits per heavy atom. The summed E-state index contributed by atoms with van der Waals surface area (Å²) >= 11 is 0. The first kappa shape index (κ1) is 21.5. The molecule has 0 aromatic rings. The van der Waals surface area contributed by atoms with Gasteiger partial charge in [0.25, 0.3) is 5.91 Å². The van der Waals surface area contributed by atoms with Gasteiger partial charge in [0.05, 0.1) is 0 Å². The molecule has 4 heteroatoms. The summed E-state index contributed by atoms with van der Waals surface area (Å²) in [6, 6.07) is 0.440. The van der Waals surface area contributed by atoms with Crippen LogP contribution in [0.1, 0.15) is 71.6 Å². The molecule has 2 saturated carbocycles. The summed E-state index contributed by atoms with van der Waals surface area (Å²) in [5.41, 5.74) is 1.62. The number of nitrogens with one attached hydrogen (secondary N) is 1. The molecule has 1 N–H and O–H groups in total. The summed E-state index contributed by atoms with van der Waals surface area (Å²) < 4.78 is 0. The second-order valence-corrected chi connectivity index (χ2v) is 7.64. The smallest absolute Gasteiger partial charge is 0.254 e. The lowest BCUT2D eigenvalue weighted by molar-refractivity contribution is -0.136. The van der Waals surface area contributed by atoms with E-state index in [1.807, 2.05) is 13.8 Å². The van der Waals surface area contributed by atoms with Gasteiger partial charge in [-0.2, -0.15) is 0 Å². The fourth-order valence-electron chi connectivity index (χ4n) is 4.47. The van der Waals surface area contributed by atoms with E-state index in [2.05, 4.69) is 18.5 Å². The van der Waals surface area contributed by atoms with Gasteiger partial charge in [0.15, 0.2) is 0 Å². The number of hydrogen-bond donors (Lipinski definition) is 1. The van der Waals surface area contributed by atoms with Gasteiger partial charge >= 0.3 is 0 Å². The first-order chi connectivity index (χ1) is 13.1. The zero-order valence-electron chi connectivity index (χ0n) is 17.1. The van der Waals surface area contributed by atoms with Gasteiger partial charge in [-0.05, 0) is 37.2 Å². The van der Waals surface area contributed by atoms with Crippen molar-refractivity contribution in [3.05, 3.63) is 36.5 Å². The Morgan fingerprint density at radius 3 is 2.22 bits per heavy atom. The molecular weight excluding hydrogens is 336 g/mol. The van der Waals surface area contributed by atoms with E-state index in [1.165, 1.54) is 32.1 Å². The lowest BCUT2D eigenvalue weighted by Gasteiger charge is -2.40. The van der Waals surface area contributed by atoms with Crippen LogP contribution in [0.4, 0.5) is 0 Å². The lowest BCUT2D eigenvalue weighted by atomic mass is 9.75. The van der Waals surface area contributed by atoms with Crippen molar-refractivity contribution in [3.8, 4) is 0 Å². The Hall–Kier alpha value is -1.84. The van der Waals surface area contributed by atoms with Crippen molar-refractivity contribution in [2.24, 2.45) is 5.92 Å². The maximum Gasteiger partial charge on any atom is 0.254 e. The lowest BCUT2D eigenvalue weighted by Crippen LogP contribution is -2.51. The molecule has 150 valence electrons. The minimum atomic E-state index is -0.0669. The molecule has 0 aromatic carbocycles. The van der Waals surface area contributed by atoms with Crippen LogP contribution >= 0.6 is 0 Å². The van der Waals surface area contributed by atoms with Crippen LogP contribution in [0.3, 0.4) is 0 Å². The van der Waals surface area contributed by atoms with E-state index >= 15 is 0 Å². The van der Waals surface area contributed by atoms with Crippen LogP contribution in [0.25, 0.3) is 0 Å². The van der Waals surface area contributed by atoms with Crippen LogP contribution < -0.4 is 5.32 Å². The molecule has 4 rings (SSSR count). The van der Waals surface area contributed by atoms with E-state index in [9.17, 15) is 9.59 Å². The Labute approximate surface area is 164 Å². The van der Waals surface area contributed by atoms with Crippen molar-refractivity contribution >= 4 is 11.8 Å². The maximum atomic E-state index is 12.9. The topological polar surface area (TPSA) is 49.4 Å². The third-order valence-corrected chi connectivity index (χ3v) is 6.00. The number of fused-ring (bicyclic) bond motifs is 2. The van der Waals surface area contributed by atoms with Crippen LogP contribution in [-0.2, 0) is 9.59 Å². The normalized spacial score (nSPS) is 25.9. The molecule has 2 heterocycles. The van der Waals surface area contributed by atoms with Crippen molar-refractivity contribution in [2.75, 3.05) is 6.54 Å². The molecule has 2 bridgehead atoms. The molecule has 0 unspecified atom stereocenters. The predicted molar refractivity (Wildman–Crippen MR) is 111 cm³/mol. The molecule has 2 aliphatic carbocycles. The molecule has 2 aliphatic heterocycles. The summed E-state index contributed by atoms with van der Waals surface area (Å²) in [5.74, 6) is 0.300. The van der Waals surface area contributed by atoms with Gasteiger partial charge in [0, 0.05) is 17.7 Å². The maximum absolute atomic E-state index is 12.9. The summed E-state index contributed by atoms with van der Waals surface area (Å²) in [6.45, 7) is 11.8.